The van der Waals surface area contributed by atoms with Crippen LogP contribution >= 0.6 is 22.9 Å². The average molecular weight is 438 g/mol. The van der Waals surface area contributed by atoms with Gasteiger partial charge in [0.25, 0.3) is 5.91 Å². The Bertz CT molecular complexity index is 1110. The maximum Gasteiger partial charge on any atom is 0.260 e. The van der Waals surface area contributed by atoms with E-state index in [9.17, 15) is 13.2 Å². The summed E-state index contributed by atoms with van der Waals surface area (Å²) < 4.78 is 24.2. The van der Waals surface area contributed by atoms with E-state index in [-0.39, 0.29) is 10.8 Å². The molecule has 0 radical (unpaired) electrons. The summed E-state index contributed by atoms with van der Waals surface area (Å²) in [6.45, 7) is 1.09. The predicted octanol–water partition coefficient (Wildman–Crippen LogP) is 3.56. The first-order valence-corrected chi connectivity index (χ1v) is 11.6. The SMILES string of the molecule is CN(C)CCN(C(=O)c1ccc(S(C)(=O)=O)cc1)c1nc2c(Cl)cccc2s1. The lowest BCUT2D eigenvalue weighted by molar-refractivity contribution is 0.0985. The quantitative estimate of drug-likeness (QED) is 0.589. The second-order valence-corrected chi connectivity index (χ2v) is 10.1. The predicted molar refractivity (Wildman–Crippen MR) is 114 cm³/mol. The molecule has 0 fully saturated rings. The van der Waals surface area contributed by atoms with Crippen LogP contribution in [-0.4, -0.2) is 57.6 Å². The van der Waals surface area contributed by atoms with Crippen LogP contribution in [0.3, 0.4) is 0 Å². The van der Waals surface area contributed by atoms with Gasteiger partial charge in [0, 0.05) is 24.9 Å². The highest BCUT2D eigenvalue weighted by molar-refractivity contribution is 7.90. The van der Waals surface area contributed by atoms with E-state index in [0.717, 1.165) is 11.0 Å². The fourth-order valence-electron chi connectivity index (χ4n) is 2.60. The highest BCUT2D eigenvalue weighted by Crippen LogP contribution is 2.33. The maximum atomic E-state index is 13.2. The zero-order chi connectivity index (χ0) is 20.5. The van der Waals surface area contributed by atoms with Crippen molar-refractivity contribution >= 4 is 54.0 Å². The molecule has 28 heavy (non-hydrogen) atoms. The third-order valence-corrected chi connectivity index (χ3v) is 6.61. The van der Waals surface area contributed by atoms with Crippen molar-refractivity contribution in [3.05, 3.63) is 53.1 Å². The van der Waals surface area contributed by atoms with E-state index in [1.165, 1.54) is 35.6 Å². The number of carbonyl (C=O) groups excluding carboxylic acids is 1. The van der Waals surface area contributed by atoms with E-state index in [1.807, 2.05) is 31.1 Å². The fraction of sp³-hybridized carbons (Fsp3) is 0.263. The van der Waals surface area contributed by atoms with Crippen LogP contribution in [0.1, 0.15) is 10.4 Å². The summed E-state index contributed by atoms with van der Waals surface area (Å²) in [4.78, 5) is 21.5. The van der Waals surface area contributed by atoms with Gasteiger partial charge in [-0.1, -0.05) is 29.0 Å². The molecular formula is C19H20ClN3O3S2. The number of fused-ring (bicyclic) bond motifs is 1. The van der Waals surface area contributed by atoms with Gasteiger partial charge >= 0.3 is 0 Å². The molecule has 0 N–H and O–H groups in total. The van der Waals surface area contributed by atoms with Crippen LogP contribution in [0, 0.1) is 0 Å². The van der Waals surface area contributed by atoms with E-state index in [1.54, 1.807) is 11.0 Å². The van der Waals surface area contributed by atoms with Gasteiger partial charge < -0.3 is 4.90 Å². The Morgan fingerprint density at radius 1 is 1.11 bits per heavy atom. The van der Waals surface area contributed by atoms with Crippen LogP contribution in [0.5, 0.6) is 0 Å². The lowest BCUT2D eigenvalue weighted by Gasteiger charge is -2.22. The molecule has 148 valence electrons. The normalized spacial score (nSPS) is 11.9. The van der Waals surface area contributed by atoms with E-state index < -0.39 is 9.84 Å². The Balaban J connectivity index is 1.98. The first-order chi connectivity index (χ1) is 13.2. The third kappa shape index (κ3) is 4.52. The van der Waals surface area contributed by atoms with E-state index >= 15 is 0 Å². The largest absolute Gasteiger partial charge is 0.308 e. The molecule has 0 aliphatic carbocycles. The molecule has 0 saturated carbocycles. The number of thiazole rings is 1. The molecule has 3 aromatic rings. The molecule has 1 aromatic heterocycles. The van der Waals surface area contributed by atoms with E-state index in [2.05, 4.69) is 4.98 Å². The topological polar surface area (TPSA) is 70.6 Å². The smallest absolute Gasteiger partial charge is 0.260 e. The fourth-order valence-corrected chi connectivity index (χ4v) is 4.52. The monoisotopic (exact) mass is 437 g/mol. The summed E-state index contributed by atoms with van der Waals surface area (Å²) in [5.41, 5.74) is 1.07. The number of carbonyl (C=O) groups is 1. The number of rotatable bonds is 6. The highest BCUT2D eigenvalue weighted by Gasteiger charge is 2.22. The van der Waals surface area contributed by atoms with Crippen LogP contribution in [0.15, 0.2) is 47.4 Å². The second-order valence-electron chi connectivity index (χ2n) is 6.64. The van der Waals surface area contributed by atoms with Crippen molar-refractivity contribution in [3.63, 3.8) is 0 Å². The van der Waals surface area contributed by atoms with Crippen LogP contribution in [0.25, 0.3) is 10.2 Å². The molecule has 0 spiro atoms. The number of nitrogens with zero attached hydrogens (tertiary/aromatic N) is 3. The minimum atomic E-state index is -3.32. The van der Waals surface area contributed by atoms with Gasteiger partial charge in [-0.3, -0.25) is 9.69 Å². The lowest BCUT2D eigenvalue weighted by Crippen LogP contribution is -2.36. The number of likely N-dealkylation sites (N-methyl/N-ethyl adjacent to an activating group) is 1. The van der Waals surface area contributed by atoms with Crippen molar-refractivity contribution in [2.24, 2.45) is 0 Å². The zero-order valence-corrected chi connectivity index (χ0v) is 18.1. The molecule has 1 heterocycles. The summed E-state index contributed by atoms with van der Waals surface area (Å²) in [6.07, 6.45) is 1.14. The molecule has 0 atom stereocenters. The number of sulfone groups is 1. The van der Waals surface area contributed by atoms with Gasteiger partial charge in [0.15, 0.2) is 15.0 Å². The molecule has 2 aromatic carbocycles. The summed E-state index contributed by atoms with van der Waals surface area (Å²) >= 11 is 7.63. The minimum Gasteiger partial charge on any atom is -0.308 e. The molecule has 0 bridgehead atoms. The number of hydrogen-bond donors (Lipinski definition) is 0. The number of para-hydroxylation sites is 1. The molecule has 0 saturated heterocycles. The molecule has 1 amide bonds. The van der Waals surface area contributed by atoms with Gasteiger partial charge in [0.05, 0.1) is 14.6 Å². The number of anilines is 1. The first-order valence-electron chi connectivity index (χ1n) is 8.48. The maximum absolute atomic E-state index is 13.2. The second kappa shape index (κ2) is 8.16. The summed E-state index contributed by atoms with van der Waals surface area (Å²) in [5.74, 6) is -0.239. The van der Waals surface area contributed by atoms with Crippen molar-refractivity contribution in [2.75, 3.05) is 38.3 Å². The van der Waals surface area contributed by atoms with E-state index in [4.69, 9.17) is 11.6 Å². The van der Waals surface area contributed by atoms with Crippen LogP contribution in [0.2, 0.25) is 5.02 Å². The van der Waals surface area contributed by atoms with Crippen molar-refractivity contribution in [3.8, 4) is 0 Å². The molecule has 0 aliphatic heterocycles. The lowest BCUT2D eigenvalue weighted by atomic mass is 10.2. The van der Waals surface area contributed by atoms with Gasteiger partial charge in [0.1, 0.15) is 5.52 Å². The van der Waals surface area contributed by atoms with Gasteiger partial charge in [-0.15, -0.1) is 0 Å². The Morgan fingerprint density at radius 2 is 1.79 bits per heavy atom. The number of hydrogen-bond acceptors (Lipinski definition) is 6. The molecule has 0 aliphatic rings. The number of amides is 1. The molecular weight excluding hydrogens is 418 g/mol. The Morgan fingerprint density at radius 3 is 2.36 bits per heavy atom. The van der Waals surface area contributed by atoms with Crippen molar-refractivity contribution in [1.29, 1.82) is 0 Å². The van der Waals surface area contributed by atoms with Crippen molar-refractivity contribution in [1.82, 2.24) is 9.88 Å². The van der Waals surface area contributed by atoms with Crippen LogP contribution in [0.4, 0.5) is 5.13 Å². The van der Waals surface area contributed by atoms with Gasteiger partial charge in [-0.25, -0.2) is 13.4 Å². The summed E-state index contributed by atoms with van der Waals surface area (Å²) in [7, 11) is 0.541. The third-order valence-electron chi connectivity index (χ3n) is 4.13. The number of aromatic nitrogens is 1. The Hall–Kier alpha value is -2.00. The average Bonchev–Trinajstić information content (AvgIpc) is 3.06. The molecule has 3 rings (SSSR count). The standard InChI is InChI=1S/C19H20ClN3O3S2/c1-22(2)11-12-23(19-21-17-15(20)5-4-6-16(17)27-19)18(24)13-7-9-14(10-8-13)28(3,25)26/h4-10H,11-12H2,1-3H3. The minimum absolute atomic E-state index is 0.177. The number of benzene rings is 2. The Kier molecular flexibility index (Phi) is 6.04. The van der Waals surface area contributed by atoms with E-state index in [0.29, 0.717) is 34.3 Å². The highest BCUT2D eigenvalue weighted by atomic mass is 35.5. The zero-order valence-electron chi connectivity index (χ0n) is 15.7. The molecule has 0 unspecified atom stereocenters. The van der Waals surface area contributed by atoms with Gasteiger partial charge in [-0.05, 0) is 50.5 Å². The first kappa shape index (κ1) is 20.7. The summed E-state index contributed by atoms with van der Waals surface area (Å²) in [5, 5.41) is 1.10. The van der Waals surface area contributed by atoms with Gasteiger partial charge in [0.2, 0.25) is 0 Å². The summed E-state index contributed by atoms with van der Waals surface area (Å²) in [6, 6.07) is 11.5. The number of halogens is 1. The molecule has 6 nitrogen and oxygen atoms in total. The van der Waals surface area contributed by atoms with Crippen molar-refractivity contribution < 1.29 is 13.2 Å². The van der Waals surface area contributed by atoms with Gasteiger partial charge in [-0.2, -0.15) is 0 Å². The van der Waals surface area contributed by atoms with Crippen LogP contribution in [-0.2, 0) is 9.84 Å². The van der Waals surface area contributed by atoms with Crippen molar-refractivity contribution in [2.45, 2.75) is 4.90 Å². The van der Waals surface area contributed by atoms with Crippen LogP contribution < -0.4 is 4.90 Å². The molecule has 9 heteroatoms. The Labute approximate surface area is 173 Å².